The third kappa shape index (κ3) is 6.41. The number of ketones is 1. The summed E-state index contributed by atoms with van der Waals surface area (Å²) in [6, 6.07) is 31.1. The Hall–Kier alpha value is -5.19. The van der Waals surface area contributed by atoms with Gasteiger partial charge in [-0.1, -0.05) is 60.7 Å². The lowest BCUT2D eigenvalue weighted by Gasteiger charge is -2.19. The van der Waals surface area contributed by atoms with Crippen LogP contribution < -0.4 is 10.6 Å². The van der Waals surface area contributed by atoms with Gasteiger partial charge in [-0.05, 0) is 47.5 Å². The average molecular weight is 606 g/mol. The van der Waals surface area contributed by atoms with Gasteiger partial charge in [0.2, 0.25) is 11.9 Å². The van der Waals surface area contributed by atoms with Crippen molar-refractivity contribution in [1.82, 2.24) is 14.5 Å². The third-order valence-corrected chi connectivity index (χ3v) is 8.30. The van der Waals surface area contributed by atoms with Crippen LogP contribution >= 0.6 is 11.3 Å². The summed E-state index contributed by atoms with van der Waals surface area (Å²) in [5.41, 5.74) is 4.41. The van der Waals surface area contributed by atoms with Crippen LogP contribution in [0, 0.1) is 5.95 Å². The summed E-state index contributed by atoms with van der Waals surface area (Å²) in [7, 11) is 1.65. The molecule has 3 aromatic heterocycles. The van der Waals surface area contributed by atoms with Crippen molar-refractivity contribution in [3.63, 3.8) is 0 Å². The maximum atomic E-state index is 13.7. The van der Waals surface area contributed by atoms with Crippen molar-refractivity contribution in [2.75, 3.05) is 24.3 Å². The zero-order valence-electron chi connectivity index (χ0n) is 23.7. The van der Waals surface area contributed by atoms with Crippen LogP contribution in [0.2, 0.25) is 0 Å². The summed E-state index contributed by atoms with van der Waals surface area (Å²) in [5.74, 6) is -0.599. The molecule has 44 heavy (non-hydrogen) atoms. The lowest BCUT2D eigenvalue weighted by Crippen LogP contribution is -2.18. The van der Waals surface area contributed by atoms with E-state index in [2.05, 4.69) is 15.6 Å². The SMILES string of the molecule is CO[C@@H](Cn1c(NC(=O)c2ccc(-c3ccnc(F)c3)s2)nc2cc(NCC(=O)c3ccccc3)ccc21)c1ccccc1. The molecule has 3 aromatic carbocycles. The highest BCUT2D eigenvalue weighted by molar-refractivity contribution is 7.17. The summed E-state index contributed by atoms with van der Waals surface area (Å²) < 4.78 is 21.4. The summed E-state index contributed by atoms with van der Waals surface area (Å²) in [5, 5.41) is 6.16. The van der Waals surface area contributed by atoms with Gasteiger partial charge in [0, 0.05) is 35.5 Å². The number of nitrogens with one attached hydrogen (secondary N) is 2. The molecule has 0 fully saturated rings. The number of rotatable bonds is 11. The molecule has 8 nitrogen and oxygen atoms in total. The van der Waals surface area contributed by atoms with Crippen LogP contribution in [-0.2, 0) is 11.3 Å². The Labute approximate surface area is 257 Å². The molecule has 1 atom stereocenters. The Morgan fingerprint density at radius 1 is 0.955 bits per heavy atom. The maximum Gasteiger partial charge on any atom is 0.268 e. The predicted octanol–water partition coefficient (Wildman–Crippen LogP) is 7.23. The molecule has 0 radical (unpaired) electrons. The number of halogens is 1. The number of amides is 1. The molecule has 3 heterocycles. The molecule has 0 saturated carbocycles. The second-order valence-corrected chi connectivity index (χ2v) is 11.1. The highest BCUT2D eigenvalue weighted by Crippen LogP contribution is 2.31. The van der Waals surface area contributed by atoms with Crippen LogP contribution in [0.25, 0.3) is 21.5 Å². The Morgan fingerprint density at radius 2 is 1.73 bits per heavy atom. The topological polar surface area (TPSA) is 98.1 Å². The van der Waals surface area contributed by atoms with Gasteiger partial charge in [-0.15, -0.1) is 11.3 Å². The van der Waals surface area contributed by atoms with E-state index in [-0.39, 0.29) is 24.3 Å². The van der Waals surface area contributed by atoms with E-state index in [0.717, 1.165) is 21.6 Å². The molecule has 2 N–H and O–H groups in total. The molecule has 0 aliphatic heterocycles. The van der Waals surface area contributed by atoms with Crippen molar-refractivity contribution < 1.29 is 18.7 Å². The average Bonchev–Trinajstić information content (AvgIpc) is 3.68. The van der Waals surface area contributed by atoms with E-state index in [1.54, 1.807) is 37.4 Å². The molecule has 6 rings (SSSR count). The molecule has 1 amide bonds. The number of aromatic nitrogens is 3. The van der Waals surface area contributed by atoms with Crippen molar-refractivity contribution in [1.29, 1.82) is 0 Å². The van der Waals surface area contributed by atoms with E-state index in [0.29, 0.717) is 34.0 Å². The lowest BCUT2D eigenvalue weighted by atomic mass is 10.1. The Morgan fingerprint density at radius 3 is 2.48 bits per heavy atom. The Balaban J connectivity index is 1.29. The zero-order chi connectivity index (χ0) is 30.5. The first-order valence-electron chi connectivity index (χ1n) is 13.9. The maximum absolute atomic E-state index is 13.7. The van der Waals surface area contributed by atoms with Crippen molar-refractivity contribution in [2.45, 2.75) is 12.6 Å². The van der Waals surface area contributed by atoms with Crippen LogP contribution in [0.15, 0.2) is 109 Å². The molecule has 10 heteroatoms. The molecule has 0 aliphatic rings. The first-order valence-corrected chi connectivity index (χ1v) is 14.7. The predicted molar refractivity (Wildman–Crippen MR) is 171 cm³/mol. The zero-order valence-corrected chi connectivity index (χ0v) is 24.6. The summed E-state index contributed by atoms with van der Waals surface area (Å²) in [4.78, 5) is 35.6. The minimum Gasteiger partial charge on any atom is -0.378 e. The molecular formula is C34H28FN5O3S. The van der Waals surface area contributed by atoms with E-state index in [9.17, 15) is 14.0 Å². The number of thiophene rings is 1. The monoisotopic (exact) mass is 605 g/mol. The van der Waals surface area contributed by atoms with E-state index in [1.807, 2.05) is 71.3 Å². The molecule has 0 saturated heterocycles. The number of Topliss-reactive ketones (excluding diaryl/α,β-unsaturated/α-hetero) is 1. The van der Waals surface area contributed by atoms with E-state index in [1.165, 1.54) is 23.6 Å². The quantitative estimate of drug-likeness (QED) is 0.119. The first kappa shape index (κ1) is 28.9. The van der Waals surface area contributed by atoms with Gasteiger partial charge in [-0.3, -0.25) is 14.9 Å². The van der Waals surface area contributed by atoms with Gasteiger partial charge < -0.3 is 14.6 Å². The number of nitrogens with zero attached hydrogens (tertiary/aromatic N) is 3. The van der Waals surface area contributed by atoms with E-state index in [4.69, 9.17) is 9.72 Å². The molecule has 0 bridgehead atoms. The fraction of sp³-hybridized carbons (Fsp3) is 0.118. The van der Waals surface area contributed by atoms with Gasteiger partial charge in [0.1, 0.15) is 6.10 Å². The lowest BCUT2D eigenvalue weighted by molar-refractivity contribution is 0.0890. The van der Waals surface area contributed by atoms with E-state index < -0.39 is 5.95 Å². The first-order chi connectivity index (χ1) is 21.5. The normalized spacial score (nSPS) is 11.8. The number of fused-ring (bicyclic) bond motifs is 1. The number of benzene rings is 3. The standard InChI is InChI=1S/C34H28FN5O3S/c1-43-29(23-10-6-3-7-11-23)21-40-27-13-12-25(37-20-28(41)22-8-4-2-5-9-22)19-26(27)38-34(40)39-33(42)31-15-14-30(44-31)24-16-17-36-32(35)18-24/h2-19,29,37H,20-21H2,1H3,(H,38,39,42)/t29-/m0/s1. The second-order valence-electron chi connectivity index (χ2n) is 10.0. The van der Waals surface area contributed by atoms with E-state index >= 15 is 0 Å². The van der Waals surface area contributed by atoms with Crippen LogP contribution in [-0.4, -0.2) is 39.9 Å². The van der Waals surface area contributed by atoms with Gasteiger partial charge >= 0.3 is 0 Å². The summed E-state index contributed by atoms with van der Waals surface area (Å²) in [6.45, 7) is 0.513. The number of carbonyl (C=O) groups is 2. The number of ether oxygens (including phenoxy) is 1. The summed E-state index contributed by atoms with van der Waals surface area (Å²) in [6.07, 6.45) is 1.09. The number of hydrogen-bond donors (Lipinski definition) is 2. The number of imidazole rings is 1. The molecule has 0 aliphatic carbocycles. The largest absolute Gasteiger partial charge is 0.378 e. The molecular weight excluding hydrogens is 577 g/mol. The van der Waals surface area contributed by atoms with Gasteiger partial charge in [-0.2, -0.15) is 4.39 Å². The van der Waals surface area contributed by atoms with Crippen molar-refractivity contribution in [3.05, 3.63) is 131 Å². The number of hydrogen-bond acceptors (Lipinski definition) is 7. The van der Waals surface area contributed by atoms with Gasteiger partial charge in [0.15, 0.2) is 5.78 Å². The van der Waals surface area contributed by atoms with Crippen molar-refractivity contribution in [2.24, 2.45) is 0 Å². The highest BCUT2D eigenvalue weighted by atomic mass is 32.1. The van der Waals surface area contributed by atoms with Crippen molar-refractivity contribution in [3.8, 4) is 10.4 Å². The smallest absolute Gasteiger partial charge is 0.268 e. The number of anilines is 2. The van der Waals surface area contributed by atoms with Crippen LogP contribution in [0.3, 0.4) is 0 Å². The minimum absolute atomic E-state index is 0.0280. The Kier molecular flexibility index (Phi) is 8.53. The minimum atomic E-state index is -0.583. The molecule has 0 unspecified atom stereocenters. The van der Waals surface area contributed by atoms with Crippen LogP contribution in [0.5, 0.6) is 0 Å². The van der Waals surface area contributed by atoms with Crippen molar-refractivity contribution >= 4 is 45.7 Å². The number of methoxy groups -OCH3 is 1. The Bertz CT molecular complexity index is 1920. The summed E-state index contributed by atoms with van der Waals surface area (Å²) >= 11 is 1.25. The van der Waals surface area contributed by atoms with Gasteiger partial charge in [-0.25, -0.2) is 9.97 Å². The third-order valence-electron chi connectivity index (χ3n) is 7.17. The second kappa shape index (κ2) is 13.0. The number of carbonyl (C=O) groups excluding carboxylic acids is 2. The highest BCUT2D eigenvalue weighted by Gasteiger charge is 2.21. The van der Waals surface area contributed by atoms with Crippen LogP contribution in [0.4, 0.5) is 16.0 Å². The fourth-order valence-corrected chi connectivity index (χ4v) is 5.81. The van der Waals surface area contributed by atoms with Gasteiger partial charge in [0.25, 0.3) is 5.91 Å². The molecule has 6 aromatic rings. The fourth-order valence-electron chi connectivity index (χ4n) is 4.91. The molecule has 220 valence electrons. The number of pyridine rings is 1. The molecule has 0 spiro atoms. The van der Waals surface area contributed by atoms with Gasteiger partial charge in [0.05, 0.1) is 29.0 Å². The van der Waals surface area contributed by atoms with Crippen LogP contribution in [0.1, 0.15) is 31.7 Å².